The molecule has 110 valence electrons. The fraction of sp³-hybridized carbons (Fsp3) is 0.133. The SMILES string of the molecule is CCS(=O)(=O)Nc1ccc(C(=O)/C=C/c2ccco2)cc1. The summed E-state index contributed by atoms with van der Waals surface area (Å²) in [5, 5.41) is 0. The van der Waals surface area contributed by atoms with Gasteiger partial charge < -0.3 is 4.42 Å². The van der Waals surface area contributed by atoms with Crippen molar-refractivity contribution in [1.29, 1.82) is 0 Å². The molecule has 6 heteroatoms. The second-order valence-corrected chi connectivity index (χ2v) is 6.31. The lowest BCUT2D eigenvalue weighted by molar-refractivity contribution is 0.104. The molecule has 1 N–H and O–H groups in total. The first kappa shape index (κ1) is 15.1. The molecule has 21 heavy (non-hydrogen) atoms. The number of allylic oxidation sites excluding steroid dienone is 1. The molecule has 1 aromatic carbocycles. The Kier molecular flexibility index (Phi) is 4.59. The Morgan fingerprint density at radius 1 is 1.24 bits per heavy atom. The fourth-order valence-corrected chi connectivity index (χ4v) is 2.23. The molecule has 1 aromatic heterocycles. The zero-order valence-corrected chi connectivity index (χ0v) is 12.3. The average Bonchev–Trinajstić information content (AvgIpc) is 2.98. The number of ketones is 1. The molecular formula is C15H15NO4S. The zero-order valence-electron chi connectivity index (χ0n) is 11.4. The summed E-state index contributed by atoms with van der Waals surface area (Å²) in [5.74, 6) is 0.409. The van der Waals surface area contributed by atoms with E-state index in [1.54, 1.807) is 49.4 Å². The molecule has 0 atom stereocenters. The monoisotopic (exact) mass is 305 g/mol. The van der Waals surface area contributed by atoms with Crippen LogP contribution in [-0.2, 0) is 10.0 Å². The van der Waals surface area contributed by atoms with E-state index in [2.05, 4.69) is 4.72 Å². The second kappa shape index (κ2) is 6.41. The molecule has 5 nitrogen and oxygen atoms in total. The zero-order chi connectivity index (χ0) is 15.3. The van der Waals surface area contributed by atoms with Crippen LogP contribution in [0.3, 0.4) is 0 Å². The molecule has 2 rings (SSSR count). The number of anilines is 1. The lowest BCUT2D eigenvalue weighted by Crippen LogP contribution is -2.14. The lowest BCUT2D eigenvalue weighted by atomic mass is 10.1. The minimum Gasteiger partial charge on any atom is -0.465 e. The number of carbonyl (C=O) groups excluding carboxylic acids is 1. The number of nitrogens with one attached hydrogen (secondary N) is 1. The van der Waals surface area contributed by atoms with Crippen molar-refractivity contribution in [3.8, 4) is 0 Å². The molecule has 0 aliphatic rings. The van der Waals surface area contributed by atoms with Crippen LogP contribution in [0.1, 0.15) is 23.0 Å². The van der Waals surface area contributed by atoms with Gasteiger partial charge in [0.05, 0.1) is 12.0 Å². The molecule has 1 heterocycles. The van der Waals surface area contributed by atoms with Crippen molar-refractivity contribution < 1.29 is 17.6 Å². The quantitative estimate of drug-likeness (QED) is 0.657. The van der Waals surface area contributed by atoms with Crippen molar-refractivity contribution in [2.75, 3.05) is 10.5 Å². The number of hydrogen-bond donors (Lipinski definition) is 1. The van der Waals surface area contributed by atoms with Crippen LogP contribution in [0.2, 0.25) is 0 Å². The maximum Gasteiger partial charge on any atom is 0.232 e. The summed E-state index contributed by atoms with van der Waals surface area (Å²) in [6.07, 6.45) is 4.51. The number of sulfonamides is 1. The summed E-state index contributed by atoms with van der Waals surface area (Å²) in [6, 6.07) is 9.73. The van der Waals surface area contributed by atoms with Crippen molar-refractivity contribution in [2.45, 2.75) is 6.92 Å². The van der Waals surface area contributed by atoms with E-state index in [4.69, 9.17) is 4.42 Å². The van der Waals surface area contributed by atoms with Crippen molar-refractivity contribution in [2.24, 2.45) is 0 Å². The van der Waals surface area contributed by atoms with Gasteiger partial charge in [-0.05, 0) is 55.5 Å². The lowest BCUT2D eigenvalue weighted by Gasteiger charge is -2.05. The minimum absolute atomic E-state index is 0.000430. The van der Waals surface area contributed by atoms with Crippen LogP contribution in [0.5, 0.6) is 0 Å². The topological polar surface area (TPSA) is 76.4 Å². The van der Waals surface area contributed by atoms with E-state index in [0.29, 0.717) is 17.0 Å². The number of hydrogen-bond acceptors (Lipinski definition) is 4. The van der Waals surface area contributed by atoms with E-state index in [1.807, 2.05) is 0 Å². The van der Waals surface area contributed by atoms with Gasteiger partial charge in [0.25, 0.3) is 0 Å². The second-order valence-electron chi connectivity index (χ2n) is 4.30. The van der Waals surface area contributed by atoms with Crippen molar-refractivity contribution in [1.82, 2.24) is 0 Å². The maximum atomic E-state index is 11.9. The predicted octanol–water partition coefficient (Wildman–Crippen LogP) is 2.94. The van der Waals surface area contributed by atoms with Crippen LogP contribution >= 0.6 is 0 Å². The van der Waals surface area contributed by atoms with Gasteiger partial charge in [-0.25, -0.2) is 8.42 Å². The minimum atomic E-state index is -3.31. The Labute approximate surface area is 123 Å². The highest BCUT2D eigenvalue weighted by atomic mass is 32.2. The van der Waals surface area contributed by atoms with E-state index < -0.39 is 10.0 Å². The maximum absolute atomic E-state index is 11.9. The van der Waals surface area contributed by atoms with Gasteiger partial charge in [-0.2, -0.15) is 0 Å². The number of furan rings is 1. The fourth-order valence-electron chi connectivity index (χ4n) is 1.59. The average molecular weight is 305 g/mol. The van der Waals surface area contributed by atoms with Crippen LogP contribution < -0.4 is 4.72 Å². The summed E-state index contributed by atoms with van der Waals surface area (Å²) in [7, 11) is -3.31. The molecule has 0 aliphatic heterocycles. The van der Waals surface area contributed by atoms with Crippen LogP contribution in [0.15, 0.2) is 53.2 Å². The van der Waals surface area contributed by atoms with Crippen molar-refractivity contribution in [3.63, 3.8) is 0 Å². The van der Waals surface area contributed by atoms with Crippen molar-refractivity contribution in [3.05, 3.63) is 60.1 Å². The molecule has 0 spiro atoms. The molecule has 2 aromatic rings. The third-order valence-corrected chi connectivity index (χ3v) is 4.07. The molecular weight excluding hydrogens is 290 g/mol. The molecule has 0 saturated heterocycles. The van der Waals surface area contributed by atoms with Crippen LogP contribution in [0.4, 0.5) is 5.69 Å². The highest BCUT2D eigenvalue weighted by Crippen LogP contribution is 2.13. The van der Waals surface area contributed by atoms with Gasteiger partial charge in [-0.15, -0.1) is 0 Å². The Morgan fingerprint density at radius 3 is 2.52 bits per heavy atom. The number of carbonyl (C=O) groups is 1. The molecule has 0 radical (unpaired) electrons. The Morgan fingerprint density at radius 2 is 1.95 bits per heavy atom. The molecule has 0 bridgehead atoms. The Bertz CT molecular complexity index is 728. The van der Waals surface area contributed by atoms with Gasteiger partial charge in [0.1, 0.15) is 5.76 Å². The molecule has 0 aliphatic carbocycles. The van der Waals surface area contributed by atoms with E-state index >= 15 is 0 Å². The summed E-state index contributed by atoms with van der Waals surface area (Å²) in [6.45, 7) is 1.56. The smallest absolute Gasteiger partial charge is 0.232 e. The predicted molar refractivity (Wildman–Crippen MR) is 81.6 cm³/mol. The normalized spacial score (nSPS) is 11.7. The Hall–Kier alpha value is -2.34. The van der Waals surface area contributed by atoms with Crippen LogP contribution in [-0.4, -0.2) is 20.0 Å². The van der Waals surface area contributed by atoms with Gasteiger partial charge >= 0.3 is 0 Å². The summed E-state index contributed by atoms with van der Waals surface area (Å²) in [5.41, 5.74) is 0.903. The first-order chi connectivity index (χ1) is 10.00. The molecule has 0 fully saturated rings. The highest BCUT2D eigenvalue weighted by Gasteiger charge is 2.07. The molecule has 0 saturated carbocycles. The summed E-state index contributed by atoms with van der Waals surface area (Å²) >= 11 is 0. The van der Waals surface area contributed by atoms with E-state index in [1.165, 1.54) is 12.3 Å². The van der Waals surface area contributed by atoms with Gasteiger partial charge in [-0.3, -0.25) is 9.52 Å². The van der Waals surface area contributed by atoms with Crippen LogP contribution in [0, 0.1) is 0 Å². The van der Waals surface area contributed by atoms with Gasteiger partial charge in [0.2, 0.25) is 10.0 Å². The summed E-state index contributed by atoms with van der Waals surface area (Å²) in [4.78, 5) is 11.9. The first-order valence-electron chi connectivity index (χ1n) is 6.36. The molecule has 0 amide bonds. The van der Waals surface area contributed by atoms with Gasteiger partial charge in [0.15, 0.2) is 5.78 Å². The standard InChI is InChI=1S/C15H15NO4S/c1-2-21(18,19)16-13-7-5-12(6-8-13)15(17)10-9-14-4-3-11-20-14/h3-11,16H,2H2,1H3/b10-9+. The molecule has 0 unspecified atom stereocenters. The number of rotatable bonds is 6. The van der Waals surface area contributed by atoms with Crippen molar-refractivity contribution >= 4 is 27.6 Å². The van der Waals surface area contributed by atoms with E-state index in [0.717, 1.165) is 0 Å². The number of benzene rings is 1. The van der Waals surface area contributed by atoms with E-state index in [-0.39, 0.29) is 11.5 Å². The van der Waals surface area contributed by atoms with Gasteiger partial charge in [0, 0.05) is 11.3 Å². The largest absolute Gasteiger partial charge is 0.465 e. The van der Waals surface area contributed by atoms with Gasteiger partial charge in [-0.1, -0.05) is 0 Å². The van der Waals surface area contributed by atoms with E-state index in [9.17, 15) is 13.2 Å². The highest BCUT2D eigenvalue weighted by molar-refractivity contribution is 7.92. The third kappa shape index (κ3) is 4.32. The summed E-state index contributed by atoms with van der Waals surface area (Å²) < 4.78 is 30.4. The Balaban J connectivity index is 2.06. The third-order valence-electron chi connectivity index (χ3n) is 2.76. The van der Waals surface area contributed by atoms with Crippen LogP contribution in [0.25, 0.3) is 6.08 Å². The first-order valence-corrected chi connectivity index (χ1v) is 8.02.